The number of halogens is 2. The molecule has 12 heavy (non-hydrogen) atoms. The zero-order valence-corrected chi connectivity index (χ0v) is 10.6. The van der Waals surface area contributed by atoms with Gasteiger partial charge in [-0.15, -0.1) is 9.24 Å². The summed E-state index contributed by atoms with van der Waals surface area (Å²) in [4.78, 5) is 0. The first-order valence-corrected chi connectivity index (χ1v) is 7.54. The van der Waals surface area contributed by atoms with Gasteiger partial charge in [-0.25, -0.2) is 0 Å². The molecule has 0 fully saturated rings. The topological polar surface area (TPSA) is 9.23 Å². The molecule has 0 radical (unpaired) electrons. The molecule has 1 unspecified atom stereocenters. The van der Waals surface area contributed by atoms with E-state index in [0.717, 1.165) is 5.75 Å². The van der Waals surface area contributed by atoms with E-state index in [1.165, 1.54) is 5.30 Å². The third kappa shape index (κ3) is 6.24. The monoisotopic (exact) mass is 316 g/mol. The van der Waals surface area contributed by atoms with Gasteiger partial charge < -0.3 is 4.74 Å². The zero-order chi connectivity index (χ0) is 9.40. The van der Waals surface area contributed by atoms with Crippen molar-refractivity contribution in [1.29, 1.82) is 0 Å². The Labute approximate surface area is 91.1 Å². The first-order chi connectivity index (χ1) is 5.74. The maximum absolute atomic E-state index is 4.96. The second-order valence-corrected chi connectivity index (χ2v) is 4.85. The molecule has 1 atom stereocenters. The number of benzene rings is 1. The summed E-state index contributed by atoms with van der Waals surface area (Å²) in [5.74, 6) is 0.904. The molecule has 0 N–H and O–H groups in total. The predicted octanol–water partition coefficient (Wildman–Crippen LogP) is 2.57. The van der Waals surface area contributed by atoms with Crippen LogP contribution in [-0.2, 0) is 15.9 Å². The van der Waals surface area contributed by atoms with Gasteiger partial charge in [0.25, 0.3) is 0 Å². The molecular formula is C7H9Cl2OPPd. The van der Waals surface area contributed by atoms with Gasteiger partial charge >= 0.3 is 35.0 Å². The van der Waals surface area contributed by atoms with Crippen LogP contribution in [0.3, 0.4) is 0 Å². The van der Waals surface area contributed by atoms with Crippen molar-refractivity contribution in [3.8, 4) is 5.75 Å². The molecule has 0 amide bonds. The van der Waals surface area contributed by atoms with Gasteiger partial charge in [-0.05, 0) is 17.4 Å². The molecule has 0 spiro atoms. The number of ether oxygens (including phenoxy) is 1. The summed E-state index contributed by atoms with van der Waals surface area (Å²) < 4.78 is 4.96. The van der Waals surface area contributed by atoms with E-state index in [4.69, 9.17) is 23.8 Å². The van der Waals surface area contributed by atoms with Crippen LogP contribution < -0.4 is 10.0 Å². The number of methoxy groups -OCH3 is 1. The predicted molar refractivity (Wildman–Crippen MR) is 54.0 cm³/mol. The van der Waals surface area contributed by atoms with Crippen LogP contribution >= 0.6 is 28.3 Å². The molecule has 0 bridgehead atoms. The molecule has 0 aliphatic carbocycles. The normalized spacial score (nSPS) is 8.67. The molecule has 1 aromatic carbocycles. The average molecular weight is 317 g/mol. The Morgan fingerprint density at radius 2 is 1.67 bits per heavy atom. The van der Waals surface area contributed by atoms with Crippen molar-refractivity contribution in [2.45, 2.75) is 0 Å². The van der Waals surface area contributed by atoms with Gasteiger partial charge in [0.2, 0.25) is 0 Å². The summed E-state index contributed by atoms with van der Waals surface area (Å²) in [6.07, 6.45) is 0. The van der Waals surface area contributed by atoms with Crippen molar-refractivity contribution in [3.63, 3.8) is 0 Å². The minimum atomic E-state index is -0.106. The van der Waals surface area contributed by atoms with Crippen molar-refractivity contribution < 1.29 is 20.7 Å². The SMILES string of the molecule is COc1ccc(P)cc1.[Cl][Pd][Cl]. The molecule has 0 aliphatic heterocycles. The Kier molecular flexibility index (Phi) is 8.78. The Morgan fingerprint density at radius 1 is 1.25 bits per heavy atom. The van der Waals surface area contributed by atoms with Crippen molar-refractivity contribution >= 4 is 33.6 Å². The fourth-order valence-electron chi connectivity index (χ4n) is 0.604. The van der Waals surface area contributed by atoms with Gasteiger partial charge in [-0.3, -0.25) is 0 Å². The molecule has 1 aromatic rings. The van der Waals surface area contributed by atoms with Gasteiger partial charge in [0.05, 0.1) is 7.11 Å². The standard InChI is InChI=1S/C7H9OP.2ClH.Pd/c1-8-6-2-4-7(9)5-3-6;;;/h2-5H,9H2,1H3;2*1H;/q;;;+2/p-2. The first kappa shape index (κ1) is 12.7. The first-order valence-electron chi connectivity index (χ1n) is 2.96. The van der Waals surface area contributed by atoms with E-state index in [2.05, 4.69) is 9.24 Å². The van der Waals surface area contributed by atoms with Gasteiger partial charge in [-0.2, -0.15) is 0 Å². The van der Waals surface area contributed by atoms with Crippen LogP contribution in [0.4, 0.5) is 0 Å². The van der Waals surface area contributed by atoms with Crippen molar-refractivity contribution in [2.24, 2.45) is 0 Å². The van der Waals surface area contributed by atoms with E-state index >= 15 is 0 Å². The fourth-order valence-corrected chi connectivity index (χ4v) is 0.796. The third-order valence-electron chi connectivity index (χ3n) is 1.12. The fraction of sp³-hybridized carbons (Fsp3) is 0.143. The number of hydrogen-bond acceptors (Lipinski definition) is 1. The molecular weight excluding hydrogens is 308 g/mol. The van der Waals surface area contributed by atoms with E-state index in [9.17, 15) is 0 Å². The van der Waals surface area contributed by atoms with Crippen LogP contribution in [0.1, 0.15) is 0 Å². The van der Waals surface area contributed by atoms with Crippen LogP contribution in [0.5, 0.6) is 5.75 Å². The molecule has 0 saturated heterocycles. The van der Waals surface area contributed by atoms with E-state index in [1.807, 2.05) is 24.3 Å². The number of hydrogen-bond donors (Lipinski definition) is 0. The zero-order valence-electron chi connectivity index (χ0n) is 6.37. The second-order valence-electron chi connectivity index (χ2n) is 1.82. The Hall–Kier alpha value is 0.692. The summed E-state index contributed by atoms with van der Waals surface area (Å²) >= 11 is -0.106. The summed E-state index contributed by atoms with van der Waals surface area (Å²) in [5.41, 5.74) is 0. The molecule has 0 heterocycles. The van der Waals surface area contributed by atoms with Crippen molar-refractivity contribution in [2.75, 3.05) is 7.11 Å². The Balaban J connectivity index is 0.000000354. The summed E-state index contributed by atoms with van der Waals surface area (Å²) in [6.45, 7) is 0. The molecule has 0 saturated carbocycles. The molecule has 1 nitrogen and oxygen atoms in total. The van der Waals surface area contributed by atoms with Crippen LogP contribution in [0.25, 0.3) is 0 Å². The quantitative estimate of drug-likeness (QED) is 0.571. The average Bonchev–Trinajstić information content (AvgIpc) is 2.07. The second kappa shape index (κ2) is 8.30. The van der Waals surface area contributed by atoms with Crippen LogP contribution in [0, 0.1) is 0 Å². The van der Waals surface area contributed by atoms with E-state index in [-0.39, 0.29) is 15.9 Å². The van der Waals surface area contributed by atoms with Gasteiger partial charge in [0, 0.05) is 0 Å². The van der Waals surface area contributed by atoms with Gasteiger partial charge in [-0.1, -0.05) is 12.1 Å². The molecule has 5 heteroatoms. The number of rotatable bonds is 1. The van der Waals surface area contributed by atoms with Crippen LogP contribution in [0.15, 0.2) is 24.3 Å². The molecule has 0 aliphatic rings. The van der Waals surface area contributed by atoms with Crippen LogP contribution in [0.2, 0.25) is 0 Å². The van der Waals surface area contributed by atoms with Crippen LogP contribution in [-0.4, -0.2) is 7.11 Å². The van der Waals surface area contributed by atoms with E-state index in [1.54, 1.807) is 7.11 Å². The summed E-state index contributed by atoms with van der Waals surface area (Å²) in [6, 6.07) is 7.84. The van der Waals surface area contributed by atoms with E-state index < -0.39 is 0 Å². The molecule has 0 aromatic heterocycles. The minimum absolute atomic E-state index is 0.106. The maximum atomic E-state index is 4.96. The van der Waals surface area contributed by atoms with Crippen molar-refractivity contribution in [1.82, 2.24) is 0 Å². The van der Waals surface area contributed by atoms with Gasteiger partial charge in [0.15, 0.2) is 0 Å². The Bertz CT molecular complexity index is 205. The molecule has 1 rings (SSSR count). The summed E-state index contributed by atoms with van der Waals surface area (Å²) in [7, 11) is 13.9. The van der Waals surface area contributed by atoms with Gasteiger partial charge in [0.1, 0.15) is 5.75 Å². The Morgan fingerprint density at radius 3 is 2.00 bits per heavy atom. The third-order valence-corrected chi connectivity index (χ3v) is 1.50. The van der Waals surface area contributed by atoms with Crippen molar-refractivity contribution in [3.05, 3.63) is 24.3 Å². The summed E-state index contributed by atoms with van der Waals surface area (Å²) in [5, 5.41) is 1.18. The molecule has 72 valence electrons. The van der Waals surface area contributed by atoms with E-state index in [0.29, 0.717) is 0 Å².